The molecule has 2 heterocycles. The van der Waals surface area contributed by atoms with Crippen molar-refractivity contribution >= 4 is 29.5 Å². The average molecular weight is 300 g/mol. The van der Waals surface area contributed by atoms with Gasteiger partial charge in [-0.25, -0.2) is 0 Å². The Bertz CT molecular complexity index is 442. The molecule has 20 heavy (non-hydrogen) atoms. The van der Waals surface area contributed by atoms with Crippen LogP contribution < -0.4 is 0 Å². The number of thioether (sulfide) groups is 1. The van der Waals surface area contributed by atoms with Crippen molar-refractivity contribution in [1.29, 1.82) is 0 Å². The van der Waals surface area contributed by atoms with Crippen molar-refractivity contribution in [3.05, 3.63) is 0 Å². The summed E-state index contributed by atoms with van der Waals surface area (Å²) in [5.41, 5.74) is 0. The van der Waals surface area contributed by atoms with Crippen LogP contribution in [0.15, 0.2) is 0 Å². The van der Waals surface area contributed by atoms with Crippen LogP contribution in [0.4, 0.5) is 0 Å². The Hall–Kier alpha value is -1.24. The molecule has 0 aliphatic carbocycles. The Labute approximate surface area is 122 Å². The molecule has 2 aliphatic rings. The van der Waals surface area contributed by atoms with Crippen LogP contribution in [0.2, 0.25) is 0 Å². The van der Waals surface area contributed by atoms with E-state index in [1.807, 2.05) is 6.92 Å². The molecule has 2 saturated heterocycles. The second-order valence-electron chi connectivity index (χ2n) is 5.35. The minimum absolute atomic E-state index is 0.0530. The zero-order valence-corrected chi connectivity index (χ0v) is 12.9. The fourth-order valence-corrected chi connectivity index (χ4v) is 4.15. The van der Waals surface area contributed by atoms with Gasteiger partial charge in [0.15, 0.2) is 0 Å². The van der Waals surface area contributed by atoms with Gasteiger partial charge in [0.25, 0.3) is 0 Å². The molecule has 0 saturated carbocycles. The van der Waals surface area contributed by atoms with E-state index in [4.69, 9.17) is 0 Å². The SMILES string of the molecule is COC(=O)CCN(C)C(=O)C1CSC2(C)CCC(=O)N12. The van der Waals surface area contributed by atoms with E-state index in [-0.39, 0.29) is 29.1 Å². The van der Waals surface area contributed by atoms with Crippen LogP contribution >= 0.6 is 11.8 Å². The number of rotatable bonds is 4. The van der Waals surface area contributed by atoms with Crippen molar-refractivity contribution in [3.8, 4) is 0 Å². The first kappa shape index (κ1) is 15.2. The van der Waals surface area contributed by atoms with Crippen LogP contribution in [0.5, 0.6) is 0 Å². The third-order valence-corrected chi connectivity index (χ3v) is 5.49. The highest BCUT2D eigenvalue weighted by Crippen LogP contribution is 2.47. The highest BCUT2D eigenvalue weighted by Gasteiger charge is 2.53. The molecule has 0 spiro atoms. The molecule has 2 rings (SSSR count). The first-order chi connectivity index (χ1) is 9.39. The number of fused-ring (bicyclic) bond motifs is 1. The van der Waals surface area contributed by atoms with E-state index >= 15 is 0 Å². The van der Waals surface area contributed by atoms with E-state index in [9.17, 15) is 14.4 Å². The standard InChI is InChI=1S/C13H20N2O4S/c1-13-6-4-10(16)15(13)9(8-20-13)12(18)14(2)7-5-11(17)19-3/h9H,4-8H2,1-3H3. The fourth-order valence-electron chi connectivity index (χ4n) is 2.73. The third-order valence-electron chi connectivity index (χ3n) is 3.99. The van der Waals surface area contributed by atoms with Gasteiger partial charge in [0.1, 0.15) is 6.04 Å². The van der Waals surface area contributed by atoms with E-state index in [2.05, 4.69) is 4.74 Å². The van der Waals surface area contributed by atoms with Crippen molar-refractivity contribution in [2.24, 2.45) is 0 Å². The summed E-state index contributed by atoms with van der Waals surface area (Å²) in [5.74, 6) is 0.244. The lowest BCUT2D eigenvalue weighted by molar-refractivity contribution is -0.145. The van der Waals surface area contributed by atoms with E-state index in [0.29, 0.717) is 18.7 Å². The number of likely N-dealkylation sites (N-methyl/N-ethyl adjacent to an activating group) is 1. The number of hydrogen-bond acceptors (Lipinski definition) is 5. The van der Waals surface area contributed by atoms with Gasteiger partial charge in [0, 0.05) is 25.8 Å². The molecule has 0 aromatic carbocycles. The maximum atomic E-state index is 12.4. The molecule has 2 atom stereocenters. The van der Waals surface area contributed by atoms with Gasteiger partial charge in [-0.2, -0.15) is 0 Å². The first-order valence-electron chi connectivity index (χ1n) is 6.67. The zero-order valence-electron chi connectivity index (χ0n) is 12.0. The number of hydrogen-bond donors (Lipinski definition) is 0. The topological polar surface area (TPSA) is 66.9 Å². The van der Waals surface area contributed by atoms with Crippen LogP contribution in [-0.4, -0.2) is 65.0 Å². The van der Waals surface area contributed by atoms with Gasteiger partial charge in [0.05, 0.1) is 18.4 Å². The Balaban J connectivity index is 1.99. The lowest BCUT2D eigenvalue weighted by Crippen LogP contribution is -2.50. The van der Waals surface area contributed by atoms with Crippen LogP contribution in [0.1, 0.15) is 26.2 Å². The Morgan fingerprint density at radius 2 is 2.25 bits per heavy atom. The Kier molecular flexibility index (Phi) is 4.27. The fraction of sp³-hybridized carbons (Fsp3) is 0.769. The van der Waals surface area contributed by atoms with Crippen molar-refractivity contribution < 1.29 is 19.1 Å². The quantitative estimate of drug-likeness (QED) is 0.706. The van der Waals surface area contributed by atoms with Crippen LogP contribution in [0.3, 0.4) is 0 Å². The Morgan fingerprint density at radius 1 is 1.55 bits per heavy atom. The van der Waals surface area contributed by atoms with Crippen LogP contribution in [-0.2, 0) is 19.1 Å². The molecule has 0 N–H and O–H groups in total. The Morgan fingerprint density at radius 3 is 2.90 bits per heavy atom. The second kappa shape index (κ2) is 5.63. The van der Waals surface area contributed by atoms with Gasteiger partial charge < -0.3 is 14.5 Å². The number of esters is 1. The van der Waals surface area contributed by atoms with Gasteiger partial charge in [-0.05, 0) is 13.3 Å². The molecule has 6 nitrogen and oxygen atoms in total. The number of nitrogens with zero attached hydrogens (tertiary/aromatic N) is 2. The van der Waals surface area contributed by atoms with Crippen molar-refractivity contribution in [2.45, 2.75) is 37.1 Å². The molecular formula is C13H20N2O4S. The lowest BCUT2D eigenvalue weighted by Gasteiger charge is -2.31. The van der Waals surface area contributed by atoms with E-state index in [1.165, 1.54) is 12.0 Å². The third kappa shape index (κ3) is 2.63. The average Bonchev–Trinajstić information content (AvgIpc) is 2.92. The van der Waals surface area contributed by atoms with E-state index < -0.39 is 6.04 Å². The molecule has 0 aromatic rings. The van der Waals surface area contributed by atoms with Crippen molar-refractivity contribution in [1.82, 2.24) is 9.80 Å². The summed E-state index contributed by atoms with van der Waals surface area (Å²) in [6, 6.07) is -0.400. The minimum Gasteiger partial charge on any atom is -0.469 e. The predicted molar refractivity (Wildman–Crippen MR) is 75.0 cm³/mol. The molecule has 112 valence electrons. The molecular weight excluding hydrogens is 280 g/mol. The molecule has 7 heteroatoms. The highest BCUT2D eigenvalue weighted by atomic mass is 32.2. The molecule has 0 bridgehead atoms. The summed E-state index contributed by atoms with van der Waals surface area (Å²) >= 11 is 1.67. The van der Waals surface area contributed by atoms with E-state index in [0.717, 1.165) is 6.42 Å². The zero-order chi connectivity index (χ0) is 14.9. The van der Waals surface area contributed by atoms with Gasteiger partial charge >= 0.3 is 5.97 Å². The molecule has 0 radical (unpaired) electrons. The number of carbonyl (C=O) groups is 3. The molecule has 0 aromatic heterocycles. The molecule has 2 aliphatic heterocycles. The largest absolute Gasteiger partial charge is 0.469 e. The minimum atomic E-state index is -0.400. The highest BCUT2D eigenvalue weighted by molar-refractivity contribution is 8.01. The summed E-state index contributed by atoms with van der Waals surface area (Å²) in [4.78, 5) is 38.5. The summed E-state index contributed by atoms with van der Waals surface area (Å²) in [6.07, 6.45) is 1.48. The van der Waals surface area contributed by atoms with E-state index in [1.54, 1.807) is 23.7 Å². The number of methoxy groups -OCH3 is 1. The number of amides is 2. The summed E-state index contributed by atoms with van der Waals surface area (Å²) in [5, 5.41) is 0. The van der Waals surface area contributed by atoms with Crippen molar-refractivity contribution in [3.63, 3.8) is 0 Å². The normalized spacial score (nSPS) is 28.4. The molecule has 2 fully saturated rings. The summed E-state index contributed by atoms with van der Waals surface area (Å²) < 4.78 is 4.56. The number of carbonyl (C=O) groups excluding carboxylic acids is 3. The first-order valence-corrected chi connectivity index (χ1v) is 7.65. The van der Waals surface area contributed by atoms with Crippen molar-refractivity contribution in [2.75, 3.05) is 26.5 Å². The molecule has 2 unspecified atom stereocenters. The monoisotopic (exact) mass is 300 g/mol. The number of ether oxygens (including phenoxy) is 1. The second-order valence-corrected chi connectivity index (χ2v) is 6.85. The lowest BCUT2D eigenvalue weighted by atomic mass is 10.2. The van der Waals surface area contributed by atoms with Crippen LogP contribution in [0.25, 0.3) is 0 Å². The molecule has 2 amide bonds. The predicted octanol–water partition coefficient (Wildman–Crippen LogP) is 0.462. The van der Waals surface area contributed by atoms with Gasteiger partial charge in [-0.15, -0.1) is 11.8 Å². The van der Waals surface area contributed by atoms with Gasteiger partial charge in [-0.3, -0.25) is 14.4 Å². The smallest absolute Gasteiger partial charge is 0.307 e. The maximum Gasteiger partial charge on any atom is 0.307 e. The van der Waals surface area contributed by atoms with Gasteiger partial charge in [-0.1, -0.05) is 0 Å². The summed E-state index contributed by atoms with van der Waals surface area (Å²) in [7, 11) is 2.98. The summed E-state index contributed by atoms with van der Waals surface area (Å²) in [6.45, 7) is 2.33. The van der Waals surface area contributed by atoms with Crippen LogP contribution in [0, 0.1) is 0 Å². The maximum absolute atomic E-state index is 12.4. The van der Waals surface area contributed by atoms with Gasteiger partial charge in [0.2, 0.25) is 11.8 Å².